The Hall–Kier alpha value is -2.60. The molecule has 1 atom stereocenters. The summed E-state index contributed by atoms with van der Waals surface area (Å²) in [5.74, 6) is 0.220. The van der Waals surface area contributed by atoms with Crippen molar-refractivity contribution in [3.05, 3.63) is 54.6 Å². The molecule has 0 amide bonds. The smallest absolute Gasteiger partial charge is 0.311 e. The molecule has 3 nitrogen and oxygen atoms in total. The molecule has 0 fully saturated rings. The van der Waals surface area contributed by atoms with Crippen LogP contribution in [-0.2, 0) is 4.79 Å². The van der Waals surface area contributed by atoms with Crippen LogP contribution in [-0.4, -0.2) is 5.97 Å². The molecule has 0 N–H and O–H groups in total. The second kappa shape index (κ2) is 7.53. The fourth-order valence-electron chi connectivity index (χ4n) is 2.48. The van der Waals surface area contributed by atoms with Gasteiger partial charge in [-0.05, 0) is 42.0 Å². The van der Waals surface area contributed by atoms with Gasteiger partial charge in [-0.15, -0.1) is 0 Å². The largest absolute Gasteiger partial charge is 0.427 e. The predicted molar refractivity (Wildman–Crippen MR) is 99.9 cm³/mol. The summed E-state index contributed by atoms with van der Waals surface area (Å²) in [5, 5.41) is 9.46. The summed E-state index contributed by atoms with van der Waals surface area (Å²) < 4.78 is 5.41. The Kier molecular flexibility index (Phi) is 5.64. The van der Waals surface area contributed by atoms with Crippen LogP contribution in [0.1, 0.15) is 40.5 Å². The van der Waals surface area contributed by atoms with Gasteiger partial charge in [-0.1, -0.05) is 63.2 Å². The molecule has 2 aromatic rings. The Morgan fingerprint density at radius 3 is 2.04 bits per heavy atom. The van der Waals surface area contributed by atoms with Crippen molar-refractivity contribution in [3.63, 3.8) is 0 Å². The molecule has 3 heteroatoms. The van der Waals surface area contributed by atoms with E-state index in [1.165, 1.54) is 0 Å². The molecule has 0 aliphatic heterocycles. The van der Waals surface area contributed by atoms with Crippen molar-refractivity contribution in [1.82, 2.24) is 0 Å². The van der Waals surface area contributed by atoms with Crippen LogP contribution >= 0.6 is 0 Å². The molecule has 0 aliphatic carbocycles. The molecule has 2 rings (SSSR count). The van der Waals surface area contributed by atoms with Crippen molar-refractivity contribution in [2.45, 2.75) is 40.5 Å². The maximum atomic E-state index is 12.1. The number of hydrogen-bond donors (Lipinski definition) is 0. The third-order valence-electron chi connectivity index (χ3n) is 4.92. The third-order valence-corrected chi connectivity index (χ3v) is 4.92. The van der Waals surface area contributed by atoms with Gasteiger partial charge in [0, 0.05) is 6.42 Å². The molecule has 0 aromatic heterocycles. The molecule has 0 aliphatic rings. The highest BCUT2D eigenvalue weighted by Crippen LogP contribution is 2.41. The van der Waals surface area contributed by atoms with Crippen LogP contribution in [0.25, 0.3) is 11.1 Å². The summed E-state index contributed by atoms with van der Waals surface area (Å²) in [6.45, 7) is 7.95. The molecule has 130 valence electrons. The van der Waals surface area contributed by atoms with E-state index in [1.807, 2.05) is 70.2 Å². The van der Waals surface area contributed by atoms with Crippen molar-refractivity contribution in [3.8, 4) is 22.9 Å². The minimum absolute atomic E-state index is 0.195. The quantitative estimate of drug-likeness (QED) is 0.526. The number of benzene rings is 2. The molecule has 25 heavy (non-hydrogen) atoms. The van der Waals surface area contributed by atoms with Gasteiger partial charge in [-0.25, -0.2) is 0 Å². The molecule has 0 bridgehead atoms. The molecule has 0 spiro atoms. The highest BCUT2D eigenvalue weighted by atomic mass is 16.5. The maximum absolute atomic E-state index is 12.1. The van der Waals surface area contributed by atoms with Gasteiger partial charge in [0.1, 0.15) is 5.75 Å². The first-order chi connectivity index (χ1) is 11.7. The van der Waals surface area contributed by atoms with Crippen LogP contribution < -0.4 is 4.74 Å². The van der Waals surface area contributed by atoms with Crippen molar-refractivity contribution in [2.24, 2.45) is 10.8 Å². The van der Waals surface area contributed by atoms with Crippen LogP contribution in [0.5, 0.6) is 5.75 Å². The first kappa shape index (κ1) is 18.7. The zero-order valence-corrected chi connectivity index (χ0v) is 15.4. The normalized spacial score (nSPS) is 13.6. The van der Waals surface area contributed by atoms with E-state index in [2.05, 4.69) is 6.07 Å². The average Bonchev–Trinajstić information content (AvgIpc) is 2.60. The summed E-state index contributed by atoms with van der Waals surface area (Å²) in [6, 6.07) is 19.9. The first-order valence-corrected chi connectivity index (χ1v) is 8.53. The van der Waals surface area contributed by atoms with E-state index in [1.54, 1.807) is 12.1 Å². The molecular formula is C22H25NO2. The van der Waals surface area contributed by atoms with Gasteiger partial charge in [0.05, 0.1) is 11.5 Å². The Bertz CT molecular complexity index is 751. The van der Waals surface area contributed by atoms with Crippen molar-refractivity contribution in [2.75, 3.05) is 0 Å². The second-order valence-electron chi connectivity index (χ2n) is 7.56. The van der Waals surface area contributed by atoms with E-state index in [-0.39, 0.29) is 17.8 Å². The minimum atomic E-state index is -0.566. The molecule has 0 radical (unpaired) electrons. The van der Waals surface area contributed by atoms with Gasteiger partial charge in [0.15, 0.2) is 0 Å². The number of carbonyl (C=O) groups excluding carboxylic acids is 1. The molecule has 0 saturated carbocycles. The monoisotopic (exact) mass is 335 g/mol. The highest BCUT2D eigenvalue weighted by molar-refractivity contribution is 5.73. The van der Waals surface area contributed by atoms with Crippen LogP contribution in [0, 0.1) is 22.2 Å². The number of nitrogens with zero attached hydrogens (tertiary/aromatic N) is 1. The number of carbonyl (C=O) groups is 1. The standard InChI is InChI=1S/C22H25NO2/c1-21(2,3)22(4,16-23)15-14-20(24)25-19-12-10-18(11-13-19)17-8-6-5-7-9-17/h5-13H,14-15H2,1-4H3. The molecule has 2 aromatic carbocycles. The molecule has 1 unspecified atom stereocenters. The number of rotatable bonds is 5. The Labute approximate surface area is 150 Å². The summed E-state index contributed by atoms with van der Waals surface area (Å²) in [6.07, 6.45) is 0.704. The van der Waals surface area contributed by atoms with Gasteiger partial charge in [0.25, 0.3) is 0 Å². The van der Waals surface area contributed by atoms with Crippen molar-refractivity contribution >= 4 is 5.97 Å². The summed E-state index contributed by atoms with van der Waals surface area (Å²) in [4.78, 5) is 12.1. The lowest BCUT2D eigenvalue weighted by Gasteiger charge is -2.35. The predicted octanol–water partition coefficient (Wildman–Crippen LogP) is 5.62. The molecule has 0 heterocycles. The third kappa shape index (κ3) is 4.70. The topological polar surface area (TPSA) is 50.1 Å². The van der Waals surface area contributed by atoms with Crippen molar-refractivity contribution in [1.29, 1.82) is 5.26 Å². The fourth-order valence-corrected chi connectivity index (χ4v) is 2.48. The second-order valence-corrected chi connectivity index (χ2v) is 7.56. The SMILES string of the molecule is CC(C)(C)C(C)(C#N)CCC(=O)Oc1ccc(-c2ccccc2)cc1. The van der Waals surface area contributed by atoms with E-state index in [9.17, 15) is 10.1 Å². The van der Waals surface area contributed by atoms with Gasteiger partial charge < -0.3 is 4.74 Å². The Balaban J connectivity index is 1.96. The van der Waals surface area contributed by atoms with Gasteiger partial charge in [-0.3, -0.25) is 4.79 Å². The van der Waals surface area contributed by atoms with Gasteiger partial charge in [0.2, 0.25) is 0 Å². The van der Waals surface area contributed by atoms with E-state index in [0.29, 0.717) is 12.2 Å². The van der Waals surface area contributed by atoms with Gasteiger partial charge in [-0.2, -0.15) is 5.26 Å². The zero-order chi connectivity index (χ0) is 18.5. The van der Waals surface area contributed by atoms with Crippen LogP contribution in [0.3, 0.4) is 0 Å². The lowest BCUT2D eigenvalue weighted by Crippen LogP contribution is -2.32. The zero-order valence-electron chi connectivity index (χ0n) is 15.4. The Morgan fingerprint density at radius 1 is 0.960 bits per heavy atom. The van der Waals surface area contributed by atoms with Crippen LogP contribution in [0.15, 0.2) is 54.6 Å². The number of hydrogen-bond acceptors (Lipinski definition) is 3. The van der Waals surface area contributed by atoms with E-state index in [4.69, 9.17) is 4.74 Å². The van der Waals surface area contributed by atoms with E-state index < -0.39 is 5.41 Å². The number of esters is 1. The minimum Gasteiger partial charge on any atom is -0.427 e. The summed E-state index contributed by atoms with van der Waals surface area (Å²) >= 11 is 0. The summed E-state index contributed by atoms with van der Waals surface area (Å²) in [5.41, 5.74) is 1.43. The van der Waals surface area contributed by atoms with Crippen LogP contribution in [0.4, 0.5) is 0 Å². The maximum Gasteiger partial charge on any atom is 0.311 e. The van der Waals surface area contributed by atoms with E-state index in [0.717, 1.165) is 11.1 Å². The first-order valence-electron chi connectivity index (χ1n) is 8.53. The highest BCUT2D eigenvalue weighted by Gasteiger charge is 2.37. The average molecular weight is 335 g/mol. The van der Waals surface area contributed by atoms with E-state index >= 15 is 0 Å². The van der Waals surface area contributed by atoms with Crippen LogP contribution in [0.2, 0.25) is 0 Å². The summed E-state index contributed by atoms with van der Waals surface area (Å²) in [7, 11) is 0. The number of ether oxygens (including phenoxy) is 1. The van der Waals surface area contributed by atoms with Crippen molar-refractivity contribution < 1.29 is 9.53 Å². The lowest BCUT2D eigenvalue weighted by molar-refractivity contribution is -0.135. The Morgan fingerprint density at radius 2 is 1.52 bits per heavy atom. The fraction of sp³-hybridized carbons (Fsp3) is 0.364. The van der Waals surface area contributed by atoms with Gasteiger partial charge >= 0.3 is 5.97 Å². The number of nitriles is 1. The molecule has 0 saturated heterocycles. The molecular weight excluding hydrogens is 310 g/mol. The lowest BCUT2D eigenvalue weighted by atomic mass is 9.66.